The summed E-state index contributed by atoms with van der Waals surface area (Å²) in [7, 11) is 0. The lowest BCUT2D eigenvalue weighted by Crippen LogP contribution is -2.30. The Balaban J connectivity index is 0.00000324. The molecule has 19 heavy (non-hydrogen) atoms. The molecule has 0 radical (unpaired) electrons. The maximum Gasteiger partial charge on any atom is 0.257 e. The SMILES string of the molecule is Cl.NCCCCNC(=O)COc1ccc(F)cc1F. The number of carbonyl (C=O) groups is 1. The molecule has 4 nitrogen and oxygen atoms in total. The van der Waals surface area contributed by atoms with Gasteiger partial charge in [0.2, 0.25) is 0 Å². The molecule has 0 spiro atoms. The minimum Gasteiger partial charge on any atom is -0.481 e. The maximum absolute atomic E-state index is 13.1. The van der Waals surface area contributed by atoms with E-state index in [-0.39, 0.29) is 30.7 Å². The van der Waals surface area contributed by atoms with Crippen LogP contribution in [0.15, 0.2) is 18.2 Å². The Kier molecular flexibility index (Phi) is 8.82. The van der Waals surface area contributed by atoms with Crippen LogP contribution >= 0.6 is 12.4 Å². The zero-order valence-electron chi connectivity index (χ0n) is 10.3. The van der Waals surface area contributed by atoms with Crippen LogP contribution in [-0.2, 0) is 4.79 Å². The van der Waals surface area contributed by atoms with Gasteiger partial charge >= 0.3 is 0 Å². The third-order valence-electron chi connectivity index (χ3n) is 2.21. The molecule has 3 N–H and O–H groups in total. The van der Waals surface area contributed by atoms with E-state index in [1.807, 2.05) is 0 Å². The topological polar surface area (TPSA) is 64.3 Å². The molecule has 0 atom stereocenters. The van der Waals surface area contributed by atoms with Crippen molar-refractivity contribution in [1.82, 2.24) is 5.32 Å². The van der Waals surface area contributed by atoms with Gasteiger partial charge in [0.05, 0.1) is 0 Å². The van der Waals surface area contributed by atoms with E-state index in [2.05, 4.69) is 5.32 Å². The quantitative estimate of drug-likeness (QED) is 0.751. The fourth-order valence-corrected chi connectivity index (χ4v) is 1.28. The zero-order valence-corrected chi connectivity index (χ0v) is 11.1. The average molecular weight is 295 g/mol. The van der Waals surface area contributed by atoms with Gasteiger partial charge in [0.25, 0.3) is 5.91 Å². The summed E-state index contributed by atoms with van der Waals surface area (Å²) < 4.78 is 30.7. The number of hydrogen-bond donors (Lipinski definition) is 2. The van der Waals surface area contributed by atoms with Crippen LogP contribution in [0.4, 0.5) is 8.78 Å². The third kappa shape index (κ3) is 6.93. The first kappa shape index (κ1) is 17.6. The van der Waals surface area contributed by atoms with E-state index in [4.69, 9.17) is 10.5 Å². The van der Waals surface area contributed by atoms with Crippen molar-refractivity contribution >= 4 is 18.3 Å². The van der Waals surface area contributed by atoms with Crippen molar-refractivity contribution in [3.05, 3.63) is 29.8 Å². The summed E-state index contributed by atoms with van der Waals surface area (Å²) in [6.07, 6.45) is 1.61. The van der Waals surface area contributed by atoms with Gasteiger partial charge in [-0.1, -0.05) is 0 Å². The van der Waals surface area contributed by atoms with Crippen molar-refractivity contribution in [2.75, 3.05) is 19.7 Å². The minimum atomic E-state index is -0.828. The third-order valence-corrected chi connectivity index (χ3v) is 2.21. The molecule has 0 saturated carbocycles. The number of amides is 1. The monoisotopic (exact) mass is 294 g/mol. The highest BCUT2D eigenvalue weighted by Crippen LogP contribution is 2.17. The molecular formula is C12H17ClF2N2O2. The second-order valence-corrected chi connectivity index (χ2v) is 3.71. The Morgan fingerprint density at radius 2 is 2.05 bits per heavy atom. The smallest absolute Gasteiger partial charge is 0.257 e. The number of halogens is 3. The van der Waals surface area contributed by atoms with Crippen molar-refractivity contribution in [3.8, 4) is 5.75 Å². The Labute approximate surface area is 116 Å². The van der Waals surface area contributed by atoms with Gasteiger partial charge in [-0.15, -0.1) is 12.4 Å². The molecule has 1 amide bonds. The highest BCUT2D eigenvalue weighted by Gasteiger charge is 2.07. The summed E-state index contributed by atoms with van der Waals surface area (Å²) in [5.74, 6) is -2.01. The number of unbranched alkanes of at least 4 members (excludes halogenated alkanes) is 1. The lowest BCUT2D eigenvalue weighted by molar-refractivity contribution is -0.123. The van der Waals surface area contributed by atoms with Crippen LogP contribution in [0.25, 0.3) is 0 Å². The number of benzene rings is 1. The largest absolute Gasteiger partial charge is 0.481 e. The minimum absolute atomic E-state index is 0. The molecule has 0 unspecified atom stereocenters. The summed E-state index contributed by atoms with van der Waals surface area (Å²) in [6, 6.07) is 2.92. The summed E-state index contributed by atoms with van der Waals surface area (Å²) >= 11 is 0. The van der Waals surface area contributed by atoms with Crippen LogP contribution < -0.4 is 15.8 Å². The van der Waals surface area contributed by atoms with Gasteiger partial charge in [-0.05, 0) is 31.5 Å². The second-order valence-electron chi connectivity index (χ2n) is 3.71. The number of rotatable bonds is 7. The van der Waals surface area contributed by atoms with Crippen LogP contribution in [0.1, 0.15) is 12.8 Å². The van der Waals surface area contributed by atoms with Gasteiger partial charge in [-0.25, -0.2) is 8.78 Å². The molecular weight excluding hydrogens is 278 g/mol. The second kappa shape index (κ2) is 9.52. The molecule has 1 rings (SSSR count). The van der Waals surface area contributed by atoms with E-state index in [0.717, 1.165) is 25.0 Å². The van der Waals surface area contributed by atoms with Crippen LogP contribution in [0, 0.1) is 11.6 Å². The van der Waals surface area contributed by atoms with Gasteiger partial charge in [0, 0.05) is 12.6 Å². The molecule has 0 aliphatic heterocycles. The van der Waals surface area contributed by atoms with Crippen LogP contribution in [0.2, 0.25) is 0 Å². The van der Waals surface area contributed by atoms with Gasteiger partial charge in [0.15, 0.2) is 18.2 Å². The fourth-order valence-electron chi connectivity index (χ4n) is 1.28. The van der Waals surface area contributed by atoms with E-state index in [1.54, 1.807) is 0 Å². The Morgan fingerprint density at radius 3 is 2.68 bits per heavy atom. The van der Waals surface area contributed by atoms with Crippen LogP contribution in [0.5, 0.6) is 5.75 Å². The number of ether oxygens (including phenoxy) is 1. The zero-order chi connectivity index (χ0) is 13.4. The number of carbonyl (C=O) groups excluding carboxylic acids is 1. The molecule has 0 aliphatic rings. The van der Waals surface area contributed by atoms with Gasteiger partial charge in [-0.2, -0.15) is 0 Å². The highest BCUT2D eigenvalue weighted by molar-refractivity contribution is 5.85. The van der Waals surface area contributed by atoms with Crippen molar-refractivity contribution in [2.24, 2.45) is 5.73 Å². The van der Waals surface area contributed by atoms with Gasteiger partial charge in [-0.3, -0.25) is 4.79 Å². The standard InChI is InChI=1S/C12H16F2N2O2.ClH/c13-9-3-4-11(10(14)7-9)18-8-12(17)16-6-2-1-5-15;/h3-4,7H,1-2,5-6,8,15H2,(H,16,17);1H. The molecule has 0 fully saturated rings. The lowest BCUT2D eigenvalue weighted by Gasteiger charge is -2.07. The molecule has 7 heteroatoms. The first-order chi connectivity index (χ1) is 8.63. The van der Waals surface area contributed by atoms with Crippen LogP contribution in [0.3, 0.4) is 0 Å². The number of nitrogens with one attached hydrogen (secondary N) is 1. The predicted octanol–water partition coefficient (Wildman–Crippen LogP) is 1.62. The van der Waals surface area contributed by atoms with Gasteiger partial charge in [0.1, 0.15) is 5.82 Å². The highest BCUT2D eigenvalue weighted by atomic mass is 35.5. The van der Waals surface area contributed by atoms with Gasteiger partial charge < -0.3 is 15.8 Å². The van der Waals surface area contributed by atoms with E-state index < -0.39 is 11.6 Å². The molecule has 0 bridgehead atoms. The first-order valence-electron chi connectivity index (χ1n) is 5.68. The Hall–Kier alpha value is -1.40. The predicted molar refractivity (Wildman–Crippen MR) is 70.4 cm³/mol. The number of nitrogens with two attached hydrogens (primary N) is 1. The Bertz CT molecular complexity index is 405. The molecule has 0 aliphatic carbocycles. The summed E-state index contributed by atoms with van der Waals surface area (Å²) in [6.45, 7) is 0.781. The van der Waals surface area contributed by atoms with Crippen LogP contribution in [-0.4, -0.2) is 25.6 Å². The first-order valence-corrected chi connectivity index (χ1v) is 5.68. The average Bonchev–Trinajstić information content (AvgIpc) is 2.33. The lowest BCUT2D eigenvalue weighted by atomic mass is 10.3. The van der Waals surface area contributed by atoms with Crippen molar-refractivity contribution in [2.45, 2.75) is 12.8 Å². The summed E-state index contributed by atoms with van der Waals surface area (Å²) in [5, 5.41) is 2.60. The Morgan fingerprint density at radius 1 is 1.32 bits per heavy atom. The molecule has 1 aromatic carbocycles. The van der Waals surface area contributed by atoms with E-state index >= 15 is 0 Å². The molecule has 0 saturated heterocycles. The maximum atomic E-state index is 13.1. The fraction of sp³-hybridized carbons (Fsp3) is 0.417. The molecule has 1 aromatic rings. The van der Waals surface area contributed by atoms with E-state index in [1.165, 1.54) is 0 Å². The molecule has 0 aromatic heterocycles. The molecule has 0 heterocycles. The summed E-state index contributed by atoms with van der Waals surface area (Å²) in [5.41, 5.74) is 5.30. The number of hydrogen-bond acceptors (Lipinski definition) is 3. The van der Waals surface area contributed by atoms with E-state index in [9.17, 15) is 13.6 Å². The van der Waals surface area contributed by atoms with Crippen molar-refractivity contribution in [1.29, 1.82) is 0 Å². The van der Waals surface area contributed by atoms with Crippen molar-refractivity contribution < 1.29 is 18.3 Å². The summed E-state index contributed by atoms with van der Waals surface area (Å²) in [4.78, 5) is 11.3. The van der Waals surface area contributed by atoms with E-state index in [0.29, 0.717) is 19.2 Å². The molecule has 108 valence electrons. The normalized spacial score (nSPS) is 9.63. The van der Waals surface area contributed by atoms with Crippen molar-refractivity contribution in [3.63, 3.8) is 0 Å².